The average molecular weight is 415 g/mol. The third-order valence-corrected chi connectivity index (χ3v) is 6.84. The van der Waals surface area contributed by atoms with Crippen molar-refractivity contribution in [3.05, 3.63) is 47.0 Å². The number of nitrogens with zero attached hydrogens (tertiary/aromatic N) is 1. The number of nitrogens with one attached hydrogen (secondary N) is 3. The summed E-state index contributed by atoms with van der Waals surface area (Å²) in [6.45, 7) is 2.60. The summed E-state index contributed by atoms with van der Waals surface area (Å²) in [6.07, 6.45) is 4.76. The summed E-state index contributed by atoms with van der Waals surface area (Å²) in [5, 5.41) is 6.97. The summed E-state index contributed by atoms with van der Waals surface area (Å²) in [7, 11) is 0. The monoisotopic (exact) mass is 414 g/mol. The molecule has 0 unspecified atom stereocenters. The number of fused-ring (bicyclic) bond motifs is 2. The highest BCUT2D eigenvalue weighted by atomic mass is 32.2. The van der Waals surface area contributed by atoms with Crippen molar-refractivity contribution < 1.29 is 9.59 Å². The van der Waals surface area contributed by atoms with Crippen LogP contribution in [0.15, 0.2) is 46.4 Å². The third kappa shape index (κ3) is 4.28. The first-order valence-electron chi connectivity index (χ1n) is 9.22. The molecule has 6 nitrogen and oxygen atoms in total. The zero-order valence-corrected chi connectivity index (χ0v) is 17.2. The highest BCUT2D eigenvalue weighted by Crippen LogP contribution is 2.38. The molecule has 4 rings (SSSR count). The standard InChI is InChI=1S/C20H22N4O2S2/c1-12-8-15-19(26)23-17(24-20(15)28-12)10-27-11-18(25)21-7-6-13-9-22-16-5-3-2-4-14(13)16/h2-5,8-9,15,20,22H,6-7,10-11H2,1H3,(H,21,25)(H,23,24,26)/t15-,20-/m0/s1. The molecule has 0 aliphatic carbocycles. The second-order valence-corrected chi connectivity index (χ2v) is 9.18. The van der Waals surface area contributed by atoms with E-state index in [0.29, 0.717) is 23.9 Å². The zero-order chi connectivity index (χ0) is 19.5. The topological polar surface area (TPSA) is 86.4 Å². The van der Waals surface area contributed by atoms with E-state index in [9.17, 15) is 9.59 Å². The van der Waals surface area contributed by atoms with E-state index in [2.05, 4.69) is 26.7 Å². The zero-order valence-electron chi connectivity index (χ0n) is 15.5. The van der Waals surface area contributed by atoms with Crippen molar-refractivity contribution >= 4 is 52.1 Å². The Morgan fingerprint density at radius 2 is 2.21 bits per heavy atom. The first-order valence-corrected chi connectivity index (χ1v) is 11.3. The van der Waals surface area contributed by atoms with Crippen LogP contribution >= 0.6 is 23.5 Å². The Labute approximate surface area is 172 Å². The Hall–Kier alpha value is -2.19. The summed E-state index contributed by atoms with van der Waals surface area (Å²) in [6, 6.07) is 8.15. The molecule has 3 heterocycles. The summed E-state index contributed by atoms with van der Waals surface area (Å²) in [5.41, 5.74) is 2.32. The van der Waals surface area contributed by atoms with Gasteiger partial charge in [0.1, 0.15) is 11.2 Å². The van der Waals surface area contributed by atoms with E-state index < -0.39 is 0 Å². The Kier molecular flexibility index (Phi) is 5.77. The Morgan fingerprint density at radius 1 is 1.36 bits per heavy atom. The van der Waals surface area contributed by atoms with Crippen molar-refractivity contribution in [3.8, 4) is 0 Å². The normalized spacial score (nSPS) is 21.1. The molecule has 0 bridgehead atoms. The third-order valence-electron chi connectivity index (χ3n) is 4.74. The summed E-state index contributed by atoms with van der Waals surface area (Å²) < 4.78 is 0. The lowest BCUT2D eigenvalue weighted by Crippen LogP contribution is -2.44. The molecule has 28 heavy (non-hydrogen) atoms. The molecule has 2 aliphatic heterocycles. The molecule has 0 fully saturated rings. The van der Waals surface area contributed by atoms with Crippen LogP contribution in [0.25, 0.3) is 10.9 Å². The van der Waals surface area contributed by atoms with Crippen LogP contribution in [0.4, 0.5) is 0 Å². The molecule has 1 aromatic carbocycles. The molecular weight excluding hydrogens is 392 g/mol. The van der Waals surface area contributed by atoms with Gasteiger partial charge in [0, 0.05) is 23.6 Å². The summed E-state index contributed by atoms with van der Waals surface area (Å²) in [4.78, 5) is 33.2. The highest BCUT2D eigenvalue weighted by Gasteiger charge is 2.36. The number of amides is 2. The van der Waals surface area contributed by atoms with Crippen LogP contribution < -0.4 is 10.6 Å². The number of aromatic nitrogens is 1. The van der Waals surface area contributed by atoms with Gasteiger partial charge < -0.3 is 15.6 Å². The predicted octanol–water partition coefficient (Wildman–Crippen LogP) is 2.68. The SMILES string of the molecule is CC1=C[C@H]2C(=O)NC(CSCC(=O)NCCc3c[nH]c4ccccc34)=N[C@H]2S1. The highest BCUT2D eigenvalue weighted by molar-refractivity contribution is 8.04. The number of H-pyrrole nitrogens is 1. The lowest BCUT2D eigenvalue weighted by Gasteiger charge is -2.22. The molecule has 0 saturated carbocycles. The van der Waals surface area contributed by atoms with Gasteiger partial charge in [0.2, 0.25) is 11.8 Å². The number of carbonyl (C=O) groups is 2. The maximum atomic E-state index is 12.1. The van der Waals surface area contributed by atoms with Crippen molar-refractivity contribution in [3.63, 3.8) is 0 Å². The lowest BCUT2D eigenvalue weighted by atomic mass is 10.1. The number of aromatic amines is 1. The smallest absolute Gasteiger partial charge is 0.235 e. The van der Waals surface area contributed by atoms with Crippen molar-refractivity contribution in [1.82, 2.24) is 15.6 Å². The van der Waals surface area contributed by atoms with Gasteiger partial charge in [0.15, 0.2) is 0 Å². The van der Waals surface area contributed by atoms with Gasteiger partial charge in [-0.2, -0.15) is 0 Å². The van der Waals surface area contributed by atoms with Gasteiger partial charge in [-0.05, 0) is 29.9 Å². The first-order chi connectivity index (χ1) is 13.6. The van der Waals surface area contributed by atoms with E-state index in [0.717, 1.165) is 16.8 Å². The average Bonchev–Trinajstić information content (AvgIpc) is 3.25. The molecule has 2 aliphatic rings. The summed E-state index contributed by atoms with van der Waals surface area (Å²) >= 11 is 3.09. The number of thioether (sulfide) groups is 2. The Morgan fingerprint density at radius 3 is 3.11 bits per heavy atom. The van der Waals surface area contributed by atoms with Crippen molar-refractivity contribution in [1.29, 1.82) is 0 Å². The van der Waals surface area contributed by atoms with Gasteiger partial charge in [0.25, 0.3) is 0 Å². The predicted molar refractivity (Wildman–Crippen MR) is 117 cm³/mol. The lowest BCUT2D eigenvalue weighted by molar-refractivity contribution is -0.122. The van der Waals surface area contributed by atoms with Crippen molar-refractivity contribution in [2.75, 3.05) is 18.1 Å². The van der Waals surface area contributed by atoms with Crippen molar-refractivity contribution in [2.45, 2.75) is 18.7 Å². The van der Waals surface area contributed by atoms with Crippen molar-refractivity contribution in [2.24, 2.45) is 10.9 Å². The molecule has 3 N–H and O–H groups in total. The number of benzene rings is 1. The molecule has 1 aromatic heterocycles. The van der Waals surface area contributed by atoms with Gasteiger partial charge in [-0.1, -0.05) is 24.3 Å². The molecule has 0 spiro atoms. The minimum Gasteiger partial charge on any atom is -0.361 e. The largest absolute Gasteiger partial charge is 0.361 e. The molecule has 2 amide bonds. The van der Waals surface area contributed by atoms with Gasteiger partial charge in [-0.15, -0.1) is 23.5 Å². The number of allylic oxidation sites excluding steroid dienone is 1. The van der Waals surface area contributed by atoms with Crippen LogP contribution in [0, 0.1) is 5.92 Å². The Bertz CT molecular complexity index is 966. The Balaban J connectivity index is 1.19. The van der Waals surface area contributed by atoms with Crippen LogP contribution in [-0.2, 0) is 16.0 Å². The van der Waals surface area contributed by atoms with E-state index in [1.54, 1.807) is 11.8 Å². The maximum Gasteiger partial charge on any atom is 0.235 e. The molecular formula is C20H22N4O2S2. The summed E-state index contributed by atoms with van der Waals surface area (Å²) in [5.74, 6) is 1.39. The molecule has 0 radical (unpaired) electrons. The molecule has 2 aromatic rings. The fourth-order valence-electron chi connectivity index (χ4n) is 3.40. The van der Waals surface area contributed by atoms with Gasteiger partial charge >= 0.3 is 0 Å². The number of para-hydroxylation sites is 1. The number of hydrogen-bond donors (Lipinski definition) is 3. The van der Waals surface area contributed by atoms with Gasteiger partial charge in [-0.3, -0.25) is 14.6 Å². The quantitative estimate of drug-likeness (QED) is 0.650. The molecule has 8 heteroatoms. The molecule has 0 saturated heterocycles. The second-order valence-electron chi connectivity index (χ2n) is 6.83. The van der Waals surface area contributed by atoms with Gasteiger partial charge in [-0.25, -0.2) is 0 Å². The van der Waals surface area contributed by atoms with Gasteiger partial charge in [0.05, 0.1) is 17.4 Å². The molecule has 146 valence electrons. The molecule has 2 atom stereocenters. The van der Waals surface area contributed by atoms with E-state index in [1.807, 2.05) is 37.4 Å². The van der Waals surface area contributed by atoms with Crippen LogP contribution in [0.2, 0.25) is 0 Å². The fraction of sp³-hybridized carbons (Fsp3) is 0.350. The van der Waals surface area contributed by atoms with Crippen LogP contribution in [0.3, 0.4) is 0 Å². The number of aliphatic imine (C=N–C) groups is 1. The minimum absolute atomic E-state index is 0.00166. The second kappa shape index (κ2) is 8.45. The van der Waals surface area contributed by atoms with E-state index in [-0.39, 0.29) is 23.1 Å². The van der Waals surface area contributed by atoms with Crippen LogP contribution in [0.1, 0.15) is 12.5 Å². The first kappa shape index (κ1) is 19.1. The number of rotatable bonds is 7. The number of hydrogen-bond acceptors (Lipinski definition) is 5. The fourth-order valence-corrected chi connectivity index (χ4v) is 5.27. The maximum absolute atomic E-state index is 12.1. The number of carbonyl (C=O) groups excluding carboxylic acids is 2. The van der Waals surface area contributed by atoms with E-state index in [4.69, 9.17) is 0 Å². The van der Waals surface area contributed by atoms with E-state index >= 15 is 0 Å². The minimum atomic E-state index is -0.161. The number of amidine groups is 1. The van der Waals surface area contributed by atoms with Crippen LogP contribution in [-0.4, -0.2) is 46.1 Å². The van der Waals surface area contributed by atoms with E-state index in [1.165, 1.54) is 22.7 Å². The van der Waals surface area contributed by atoms with Crippen LogP contribution in [0.5, 0.6) is 0 Å².